The number of rotatable bonds is 6. The second kappa shape index (κ2) is 8.40. The monoisotopic (exact) mass is 433 g/mol. The summed E-state index contributed by atoms with van der Waals surface area (Å²) >= 11 is 5.89. The van der Waals surface area contributed by atoms with Crippen molar-refractivity contribution >= 4 is 38.7 Å². The second-order valence-corrected chi connectivity index (χ2v) is 8.09. The molecule has 10 heteroatoms. The molecular weight excluding hydrogens is 415 g/mol. The van der Waals surface area contributed by atoms with E-state index in [9.17, 15) is 21.6 Å². The van der Waals surface area contributed by atoms with Crippen LogP contribution in [0, 0.1) is 6.92 Å². The van der Waals surface area contributed by atoms with Crippen LogP contribution in [0.2, 0.25) is 5.02 Å². The molecule has 0 saturated carbocycles. The van der Waals surface area contributed by atoms with Gasteiger partial charge in [-0.3, -0.25) is 9.73 Å². The van der Waals surface area contributed by atoms with E-state index in [0.29, 0.717) is 17.3 Å². The first kappa shape index (κ1) is 22.0. The van der Waals surface area contributed by atoms with Crippen LogP contribution in [0.1, 0.15) is 25.0 Å². The lowest BCUT2D eigenvalue weighted by Gasteiger charge is -2.20. The third-order valence-corrected chi connectivity index (χ3v) is 5.16. The first-order valence-corrected chi connectivity index (χ1v) is 10.1. The minimum absolute atomic E-state index is 0.198. The first-order valence-electron chi connectivity index (χ1n) is 8.23. The van der Waals surface area contributed by atoms with Gasteiger partial charge in [-0.05, 0) is 57.2 Å². The highest BCUT2D eigenvalue weighted by Gasteiger charge is 2.46. The first-order chi connectivity index (χ1) is 12.9. The van der Waals surface area contributed by atoms with Crippen molar-refractivity contribution in [3.63, 3.8) is 0 Å². The molecule has 0 fully saturated rings. The van der Waals surface area contributed by atoms with Crippen molar-refractivity contribution in [2.75, 3.05) is 16.3 Å². The van der Waals surface area contributed by atoms with Gasteiger partial charge >= 0.3 is 15.5 Å². The Hall–Kier alpha value is -2.26. The lowest BCUT2D eigenvalue weighted by molar-refractivity contribution is -0.0429. The van der Waals surface area contributed by atoms with Crippen molar-refractivity contribution in [3.05, 3.63) is 58.6 Å². The van der Waals surface area contributed by atoms with Crippen LogP contribution < -0.4 is 9.73 Å². The van der Waals surface area contributed by atoms with Crippen molar-refractivity contribution in [1.82, 2.24) is 0 Å². The van der Waals surface area contributed by atoms with Gasteiger partial charge in [0.15, 0.2) is 0 Å². The number of alkyl halides is 3. The van der Waals surface area contributed by atoms with Gasteiger partial charge in [-0.15, -0.1) is 0 Å². The number of aryl methyl sites for hydroxylation is 1. The van der Waals surface area contributed by atoms with Crippen molar-refractivity contribution < 1.29 is 21.6 Å². The minimum Gasteiger partial charge on any atom is -0.275 e. The quantitative estimate of drug-likeness (QED) is 0.505. The van der Waals surface area contributed by atoms with Crippen LogP contribution in [0.5, 0.6) is 0 Å². The number of hydrogen-bond donors (Lipinski definition) is 1. The fraction of sp³-hybridized carbons (Fsp3) is 0.278. The molecule has 5 nitrogen and oxygen atoms in total. The SMILES string of the molecule is CCN(/N=C(\C)c1cc(C)ccc1NS(=O)(=O)C(F)(F)F)c1ccc(Cl)cc1. The second-order valence-electron chi connectivity index (χ2n) is 5.98. The Balaban J connectivity index is 2.46. The van der Waals surface area contributed by atoms with Crippen LogP contribution in [-0.4, -0.2) is 26.2 Å². The highest BCUT2D eigenvalue weighted by molar-refractivity contribution is 7.93. The Morgan fingerprint density at radius 3 is 2.32 bits per heavy atom. The van der Waals surface area contributed by atoms with Gasteiger partial charge in [0.2, 0.25) is 0 Å². The van der Waals surface area contributed by atoms with Crippen LogP contribution in [0.4, 0.5) is 24.5 Å². The highest BCUT2D eigenvalue weighted by Crippen LogP contribution is 2.28. The Morgan fingerprint density at radius 2 is 1.79 bits per heavy atom. The van der Waals surface area contributed by atoms with E-state index in [-0.39, 0.29) is 11.3 Å². The molecule has 2 rings (SSSR count). The number of benzene rings is 2. The average molecular weight is 434 g/mol. The van der Waals surface area contributed by atoms with E-state index in [2.05, 4.69) is 5.10 Å². The van der Waals surface area contributed by atoms with Gasteiger partial charge in [0, 0.05) is 17.1 Å². The molecule has 2 aromatic rings. The molecule has 0 aliphatic rings. The summed E-state index contributed by atoms with van der Waals surface area (Å²) in [6.45, 7) is 5.68. The summed E-state index contributed by atoms with van der Waals surface area (Å²) in [4.78, 5) is 0. The Bertz CT molecular complexity index is 975. The molecule has 1 N–H and O–H groups in total. The molecule has 0 aliphatic heterocycles. The summed E-state index contributed by atoms with van der Waals surface area (Å²) < 4.78 is 62.9. The summed E-state index contributed by atoms with van der Waals surface area (Å²) in [5, 5.41) is 6.64. The third kappa shape index (κ3) is 5.17. The van der Waals surface area contributed by atoms with E-state index in [1.165, 1.54) is 12.1 Å². The number of nitrogens with one attached hydrogen (secondary N) is 1. The highest BCUT2D eigenvalue weighted by atomic mass is 35.5. The zero-order valence-corrected chi connectivity index (χ0v) is 17.0. The summed E-state index contributed by atoms with van der Waals surface area (Å²) in [5.41, 5.74) is -3.54. The van der Waals surface area contributed by atoms with E-state index < -0.39 is 15.5 Å². The van der Waals surface area contributed by atoms with Crippen LogP contribution in [-0.2, 0) is 10.0 Å². The van der Waals surface area contributed by atoms with Gasteiger partial charge in [0.05, 0.1) is 17.1 Å². The molecule has 0 aliphatic carbocycles. The van der Waals surface area contributed by atoms with Crippen molar-refractivity contribution in [2.45, 2.75) is 26.3 Å². The van der Waals surface area contributed by atoms with Crippen LogP contribution in [0.3, 0.4) is 0 Å². The van der Waals surface area contributed by atoms with Crippen LogP contribution >= 0.6 is 11.6 Å². The summed E-state index contributed by atoms with van der Waals surface area (Å²) in [6.07, 6.45) is 0. The fourth-order valence-electron chi connectivity index (χ4n) is 2.41. The molecule has 0 aromatic heterocycles. The third-order valence-electron chi connectivity index (χ3n) is 3.81. The summed E-state index contributed by atoms with van der Waals surface area (Å²) in [5.74, 6) is 0. The van der Waals surface area contributed by atoms with Gasteiger partial charge in [-0.25, -0.2) is 0 Å². The lowest BCUT2D eigenvalue weighted by Crippen LogP contribution is -2.30. The van der Waals surface area contributed by atoms with Gasteiger partial charge in [0.1, 0.15) is 0 Å². The predicted molar refractivity (Wildman–Crippen MR) is 106 cm³/mol. The molecule has 152 valence electrons. The maximum absolute atomic E-state index is 12.8. The van der Waals surface area contributed by atoms with Gasteiger partial charge in [-0.2, -0.15) is 26.7 Å². The van der Waals surface area contributed by atoms with Gasteiger partial charge in [-0.1, -0.05) is 23.2 Å². The minimum atomic E-state index is -5.54. The number of hydrazone groups is 1. The van der Waals surface area contributed by atoms with E-state index in [1.807, 2.05) is 6.92 Å². The van der Waals surface area contributed by atoms with Crippen LogP contribution in [0.25, 0.3) is 0 Å². The van der Waals surface area contributed by atoms with Crippen molar-refractivity contribution in [3.8, 4) is 0 Å². The molecule has 0 bridgehead atoms. The van der Waals surface area contributed by atoms with E-state index >= 15 is 0 Å². The molecular formula is C18H19ClF3N3O2S. The Labute approximate surface area is 166 Å². The Morgan fingerprint density at radius 1 is 1.18 bits per heavy atom. The van der Waals surface area contributed by atoms with Crippen molar-refractivity contribution in [2.24, 2.45) is 5.10 Å². The number of anilines is 2. The maximum Gasteiger partial charge on any atom is 0.516 e. The maximum atomic E-state index is 12.8. The number of nitrogens with zero attached hydrogens (tertiary/aromatic N) is 2. The zero-order valence-electron chi connectivity index (χ0n) is 15.4. The largest absolute Gasteiger partial charge is 0.516 e. The topological polar surface area (TPSA) is 61.8 Å². The zero-order chi connectivity index (χ0) is 21.1. The molecule has 0 heterocycles. The summed E-state index contributed by atoms with van der Waals surface area (Å²) in [6, 6.07) is 11.3. The molecule has 0 unspecified atom stereocenters. The molecule has 2 aromatic carbocycles. The average Bonchev–Trinajstić information content (AvgIpc) is 2.60. The molecule has 0 spiro atoms. The molecule has 28 heavy (non-hydrogen) atoms. The standard InChI is InChI=1S/C18H19ClF3N3O2S/c1-4-25(15-8-6-14(19)7-9-15)23-13(3)16-11-12(2)5-10-17(16)24-28(26,27)18(20,21)22/h5-11,24H,4H2,1-3H3/b23-13+. The number of hydrogen-bond acceptors (Lipinski definition) is 4. The van der Waals surface area contributed by atoms with Crippen molar-refractivity contribution in [1.29, 1.82) is 0 Å². The number of sulfonamides is 1. The predicted octanol–water partition coefficient (Wildman–Crippen LogP) is 5.16. The number of halogens is 4. The molecule has 0 radical (unpaired) electrons. The molecule has 0 saturated heterocycles. The molecule has 0 amide bonds. The van der Waals surface area contributed by atoms with E-state index in [1.54, 1.807) is 53.9 Å². The fourth-order valence-corrected chi connectivity index (χ4v) is 3.12. The van der Waals surface area contributed by atoms with E-state index in [4.69, 9.17) is 11.6 Å². The van der Waals surface area contributed by atoms with Gasteiger partial charge in [0.25, 0.3) is 0 Å². The molecule has 0 atom stereocenters. The summed E-state index contributed by atoms with van der Waals surface area (Å²) in [7, 11) is -5.54. The van der Waals surface area contributed by atoms with Gasteiger partial charge < -0.3 is 0 Å². The normalized spacial score (nSPS) is 12.8. The lowest BCUT2D eigenvalue weighted by atomic mass is 10.1. The van der Waals surface area contributed by atoms with Crippen LogP contribution in [0.15, 0.2) is 47.6 Å². The smallest absolute Gasteiger partial charge is 0.275 e. The van der Waals surface area contributed by atoms with E-state index in [0.717, 1.165) is 11.3 Å². The Kier molecular flexibility index (Phi) is 6.61.